The van der Waals surface area contributed by atoms with E-state index in [1.165, 1.54) is 23.5 Å². The molecule has 0 aliphatic carbocycles. The van der Waals surface area contributed by atoms with E-state index in [1.807, 2.05) is 47.8 Å². The van der Waals surface area contributed by atoms with Crippen LogP contribution in [-0.2, 0) is 11.4 Å². The van der Waals surface area contributed by atoms with Crippen LogP contribution in [0.2, 0.25) is 5.02 Å². The highest BCUT2D eigenvalue weighted by atomic mass is 35.5. The Morgan fingerprint density at radius 1 is 1.13 bits per heavy atom. The first-order chi connectivity index (χ1) is 18.5. The number of nitriles is 1. The van der Waals surface area contributed by atoms with Crippen LogP contribution in [0.5, 0.6) is 11.5 Å². The summed E-state index contributed by atoms with van der Waals surface area (Å²) in [7, 11) is 1.51. The Bertz CT molecular complexity index is 1620. The minimum atomic E-state index is -0.278. The SMILES string of the molecule is COc1cc(C=C2C(=O)N(c3nc(-c4ccccc4)cs3)N=C2C)cc(Cl)c1OCc1ccccc1C#N. The van der Waals surface area contributed by atoms with Crippen LogP contribution < -0.4 is 14.5 Å². The average Bonchev–Trinajstić information content (AvgIpc) is 3.53. The monoisotopic (exact) mass is 540 g/mol. The van der Waals surface area contributed by atoms with Crippen LogP contribution in [0.15, 0.2) is 82.8 Å². The summed E-state index contributed by atoms with van der Waals surface area (Å²) in [5.41, 5.74) is 4.66. The van der Waals surface area contributed by atoms with Gasteiger partial charge in [0.2, 0.25) is 5.13 Å². The lowest BCUT2D eigenvalue weighted by Gasteiger charge is -2.14. The zero-order valence-electron chi connectivity index (χ0n) is 20.5. The van der Waals surface area contributed by atoms with E-state index in [4.69, 9.17) is 21.1 Å². The van der Waals surface area contributed by atoms with E-state index in [0.717, 1.165) is 16.8 Å². The highest BCUT2D eigenvalue weighted by molar-refractivity contribution is 7.14. The third-order valence-electron chi connectivity index (χ3n) is 5.88. The number of benzene rings is 3. The highest BCUT2D eigenvalue weighted by Crippen LogP contribution is 2.38. The largest absolute Gasteiger partial charge is 0.493 e. The highest BCUT2D eigenvalue weighted by Gasteiger charge is 2.31. The smallest absolute Gasteiger partial charge is 0.282 e. The number of amides is 1. The molecule has 7 nitrogen and oxygen atoms in total. The molecule has 1 aliphatic heterocycles. The van der Waals surface area contributed by atoms with Crippen LogP contribution in [-0.4, -0.2) is 23.7 Å². The molecule has 0 saturated heterocycles. The molecule has 2 heterocycles. The summed E-state index contributed by atoms with van der Waals surface area (Å²) < 4.78 is 11.5. The van der Waals surface area contributed by atoms with Crippen molar-refractivity contribution in [2.75, 3.05) is 12.1 Å². The fourth-order valence-corrected chi connectivity index (χ4v) is 5.01. The number of anilines is 1. The fourth-order valence-electron chi connectivity index (χ4n) is 3.95. The fraction of sp³-hybridized carbons (Fsp3) is 0.103. The van der Waals surface area contributed by atoms with Crippen LogP contribution in [0, 0.1) is 11.3 Å². The van der Waals surface area contributed by atoms with Gasteiger partial charge in [-0.05, 0) is 36.8 Å². The van der Waals surface area contributed by atoms with Crippen molar-refractivity contribution in [1.29, 1.82) is 5.26 Å². The number of carbonyl (C=O) groups is 1. The van der Waals surface area contributed by atoms with Gasteiger partial charge < -0.3 is 9.47 Å². The average molecular weight is 541 g/mol. The molecule has 5 rings (SSSR count). The molecule has 4 aromatic rings. The van der Waals surface area contributed by atoms with Crippen molar-refractivity contribution >= 4 is 45.8 Å². The number of hydrazone groups is 1. The molecule has 1 aliphatic rings. The number of rotatable bonds is 7. The summed E-state index contributed by atoms with van der Waals surface area (Å²) in [5, 5.41) is 17.8. The molecule has 3 aromatic carbocycles. The lowest BCUT2D eigenvalue weighted by Crippen LogP contribution is -2.21. The second kappa shape index (κ2) is 10.9. The quantitative estimate of drug-likeness (QED) is 0.242. The molecule has 188 valence electrons. The Hall–Kier alpha value is -4.45. The minimum Gasteiger partial charge on any atom is -0.493 e. The maximum atomic E-state index is 13.3. The van der Waals surface area contributed by atoms with Crippen molar-refractivity contribution in [2.45, 2.75) is 13.5 Å². The third kappa shape index (κ3) is 5.02. The van der Waals surface area contributed by atoms with Crippen molar-refractivity contribution in [3.63, 3.8) is 0 Å². The summed E-state index contributed by atoms with van der Waals surface area (Å²) in [6.45, 7) is 1.93. The maximum Gasteiger partial charge on any atom is 0.282 e. The summed E-state index contributed by atoms with van der Waals surface area (Å²) in [6, 6.07) is 22.6. The van der Waals surface area contributed by atoms with Gasteiger partial charge in [-0.15, -0.1) is 11.3 Å². The number of hydrogen-bond acceptors (Lipinski definition) is 7. The van der Waals surface area contributed by atoms with Crippen LogP contribution in [0.25, 0.3) is 17.3 Å². The Morgan fingerprint density at radius 3 is 2.66 bits per heavy atom. The Kier molecular flexibility index (Phi) is 7.22. The van der Waals surface area contributed by atoms with Crippen LogP contribution in [0.1, 0.15) is 23.6 Å². The number of hydrogen-bond donors (Lipinski definition) is 0. The number of halogens is 1. The molecule has 1 amide bonds. The molecule has 0 fully saturated rings. The van der Waals surface area contributed by atoms with Crippen molar-refractivity contribution in [3.05, 3.63) is 99.4 Å². The Balaban J connectivity index is 1.38. The molecule has 1 aromatic heterocycles. The molecular weight excluding hydrogens is 520 g/mol. The van der Waals surface area contributed by atoms with Crippen LogP contribution >= 0.6 is 22.9 Å². The van der Waals surface area contributed by atoms with Gasteiger partial charge in [-0.1, -0.05) is 60.1 Å². The number of carbonyl (C=O) groups excluding carboxylic acids is 1. The van der Waals surface area contributed by atoms with Crippen LogP contribution in [0.3, 0.4) is 0 Å². The first-order valence-electron chi connectivity index (χ1n) is 11.6. The number of aromatic nitrogens is 1. The Morgan fingerprint density at radius 2 is 1.89 bits per heavy atom. The summed E-state index contributed by atoms with van der Waals surface area (Å²) in [6.07, 6.45) is 1.72. The minimum absolute atomic E-state index is 0.151. The molecule has 0 atom stereocenters. The predicted molar refractivity (Wildman–Crippen MR) is 150 cm³/mol. The van der Waals surface area contributed by atoms with Crippen molar-refractivity contribution < 1.29 is 14.3 Å². The third-order valence-corrected chi connectivity index (χ3v) is 6.97. The van der Waals surface area contributed by atoms with Gasteiger partial charge in [0.25, 0.3) is 5.91 Å². The molecule has 0 bridgehead atoms. The second-order valence-electron chi connectivity index (χ2n) is 8.33. The zero-order valence-corrected chi connectivity index (χ0v) is 22.1. The van der Waals surface area contributed by atoms with Crippen molar-refractivity contribution in [3.8, 4) is 28.8 Å². The Labute approximate surface area is 228 Å². The number of nitrogens with zero attached hydrogens (tertiary/aromatic N) is 4. The van der Waals surface area contributed by atoms with Gasteiger partial charge in [0.05, 0.1) is 40.7 Å². The first kappa shape index (κ1) is 25.2. The molecule has 9 heteroatoms. The molecular formula is C29H21ClN4O3S. The normalized spacial score (nSPS) is 13.9. The van der Waals surface area contributed by atoms with Gasteiger partial charge in [0.15, 0.2) is 11.5 Å². The molecule has 0 N–H and O–H groups in total. The standard InChI is InChI=1S/C29H21ClN4O3S/c1-18-23(28(35)34(33-18)29-32-25(17-38-29)20-8-4-3-5-9-20)12-19-13-24(30)27(26(14-19)36-2)37-16-22-11-7-6-10-21(22)15-31/h3-14,17H,16H2,1-2H3. The van der Waals surface area contributed by atoms with E-state index < -0.39 is 0 Å². The molecule has 38 heavy (non-hydrogen) atoms. The van der Waals surface area contributed by atoms with E-state index in [9.17, 15) is 10.1 Å². The molecule has 0 radical (unpaired) electrons. The number of methoxy groups -OCH3 is 1. The maximum absolute atomic E-state index is 13.3. The van der Waals surface area contributed by atoms with E-state index in [1.54, 1.807) is 37.3 Å². The zero-order chi connectivity index (χ0) is 26.6. The van der Waals surface area contributed by atoms with E-state index in [2.05, 4.69) is 16.2 Å². The van der Waals surface area contributed by atoms with Crippen LogP contribution in [0.4, 0.5) is 5.13 Å². The molecule has 0 saturated carbocycles. The van der Waals surface area contributed by atoms with Gasteiger partial charge in [0.1, 0.15) is 6.61 Å². The lowest BCUT2D eigenvalue weighted by atomic mass is 10.1. The lowest BCUT2D eigenvalue weighted by molar-refractivity contribution is -0.114. The van der Waals surface area contributed by atoms with Crippen molar-refractivity contribution in [2.24, 2.45) is 5.10 Å². The number of thiazole rings is 1. The molecule has 0 unspecified atom stereocenters. The predicted octanol–water partition coefficient (Wildman–Crippen LogP) is 6.73. The van der Waals surface area contributed by atoms with Gasteiger partial charge in [-0.25, -0.2) is 4.98 Å². The summed E-state index contributed by atoms with van der Waals surface area (Å²) in [4.78, 5) is 17.9. The van der Waals surface area contributed by atoms with E-state index in [0.29, 0.717) is 44.1 Å². The summed E-state index contributed by atoms with van der Waals surface area (Å²) >= 11 is 7.92. The van der Waals surface area contributed by atoms with Gasteiger partial charge in [-0.3, -0.25) is 4.79 Å². The van der Waals surface area contributed by atoms with Gasteiger partial charge >= 0.3 is 0 Å². The number of ether oxygens (including phenoxy) is 2. The molecule has 0 spiro atoms. The summed E-state index contributed by atoms with van der Waals surface area (Å²) in [5.74, 6) is 0.480. The van der Waals surface area contributed by atoms with Crippen molar-refractivity contribution in [1.82, 2.24) is 4.98 Å². The van der Waals surface area contributed by atoms with Gasteiger partial charge in [0, 0.05) is 16.5 Å². The van der Waals surface area contributed by atoms with E-state index in [-0.39, 0.29) is 12.5 Å². The topological polar surface area (TPSA) is 87.8 Å². The first-order valence-corrected chi connectivity index (χ1v) is 12.8. The van der Waals surface area contributed by atoms with Gasteiger partial charge in [-0.2, -0.15) is 15.4 Å². The second-order valence-corrected chi connectivity index (χ2v) is 9.58. The van der Waals surface area contributed by atoms with E-state index >= 15 is 0 Å².